The zero-order valence-corrected chi connectivity index (χ0v) is 13.5. The van der Waals surface area contributed by atoms with Gasteiger partial charge >= 0.3 is 5.97 Å². The average Bonchev–Trinajstić information content (AvgIpc) is 2.54. The van der Waals surface area contributed by atoms with Gasteiger partial charge < -0.3 is 10.4 Å². The van der Waals surface area contributed by atoms with Crippen LogP contribution in [0.5, 0.6) is 0 Å². The predicted octanol–water partition coefficient (Wildman–Crippen LogP) is 3.04. The number of nitrogens with one attached hydrogen (secondary N) is 1. The molecule has 0 bridgehead atoms. The van der Waals surface area contributed by atoms with Crippen molar-refractivity contribution >= 4 is 34.2 Å². The number of hydrogen-bond acceptors (Lipinski definition) is 5. The molecule has 0 aliphatic carbocycles. The molecule has 0 aliphatic heterocycles. The van der Waals surface area contributed by atoms with Crippen LogP contribution >= 0.6 is 11.8 Å². The van der Waals surface area contributed by atoms with Gasteiger partial charge in [0.25, 0.3) is 5.69 Å². The van der Waals surface area contributed by atoms with E-state index in [0.29, 0.717) is 13.0 Å². The molecule has 0 saturated heterocycles. The highest BCUT2D eigenvalue weighted by molar-refractivity contribution is 7.98. The molecule has 0 radical (unpaired) electrons. The fourth-order valence-electron chi connectivity index (χ4n) is 2.39. The van der Waals surface area contributed by atoms with Crippen molar-refractivity contribution in [3.63, 3.8) is 0 Å². The summed E-state index contributed by atoms with van der Waals surface area (Å²) >= 11 is 1.61. The predicted molar refractivity (Wildman–Crippen MR) is 91.9 cm³/mol. The number of carboxylic acids is 1. The van der Waals surface area contributed by atoms with E-state index in [4.69, 9.17) is 0 Å². The summed E-state index contributed by atoms with van der Waals surface area (Å²) in [4.78, 5) is 21.7. The number of rotatable bonds is 8. The van der Waals surface area contributed by atoms with Gasteiger partial charge in [-0.15, -0.1) is 0 Å². The summed E-state index contributed by atoms with van der Waals surface area (Å²) in [5.74, 6) is -0.0963. The molecule has 1 atom stereocenters. The average molecular weight is 334 g/mol. The third-order valence-electron chi connectivity index (χ3n) is 3.61. The van der Waals surface area contributed by atoms with Crippen molar-refractivity contribution in [2.75, 3.05) is 12.0 Å². The minimum atomic E-state index is -0.866. The molecule has 0 heterocycles. The zero-order valence-electron chi connectivity index (χ0n) is 12.7. The van der Waals surface area contributed by atoms with Gasteiger partial charge in [-0.25, -0.2) is 0 Å². The van der Waals surface area contributed by atoms with Gasteiger partial charge in [0.2, 0.25) is 0 Å². The molecule has 2 rings (SSSR count). The number of non-ortho nitro benzene ring substituents is 1. The van der Waals surface area contributed by atoms with Crippen molar-refractivity contribution < 1.29 is 14.8 Å². The third kappa shape index (κ3) is 4.43. The molecule has 2 aromatic rings. The Kier molecular flexibility index (Phi) is 5.95. The summed E-state index contributed by atoms with van der Waals surface area (Å²) in [6, 6.07) is 9.64. The molecule has 7 heteroatoms. The van der Waals surface area contributed by atoms with Gasteiger partial charge in [-0.1, -0.05) is 18.2 Å². The lowest BCUT2D eigenvalue weighted by molar-refractivity contribution is -0.384. The highest BCUT2D eigenvalue weighted by atomic mass is 32.2. The van der Waals surface area contributed by atoms with E-state index in [1.807, 2.05) is 24.5 Å². The minimum absolute atomic E-state index is 0.0472. The van der Waals surface area contributed by atoms with E-state index < -0.39 is 16.9 Å². The number of hydrogen-bond donors (Lipinski definition) is 2. The first-order chi connectivity index (χ1) is 11.0. The summed E-state index contributed by atoms with van der Waals surface area (Å²) < 4.78 is 0. The summed E-state index contributed by atoms with van der Waals surface area (Å²) in [7, 11) is 0. The normalized spacial score (nSPS) is 12.2. The number of nitrogens with zero attached hydrogens (tertiary/aromatic N) is 1. The number of carbonyl (C=O) groups is 1. The van der Waals surface area contributed by atoms with E-state index >= 15 is 0 Å². The fraction of sp³-hybridized carbons (Fsp3) is 0.312. The Morgan fingerprint density at radius 1 is 1.39 bits per heavy atom. The second-order valence-electron chi connectivity index (χ2n) is 5.13. The van der Waals surface area contributed by atoms with Gasteiger partial charge in [-0.3, -0.25) is 14.9 Å². The van der Waals surface area contributed by atoms with Gasteiger partial charge in [-0.05, 0) is 40.8 Å². The maximum Gasteiger partial charge on any atom is 0.320 e. The first-order valence-electron chi connectivity index (χ1n) is 7.14. The van der Waals surface area contributed by atoms with Crippen LogP contribution in [0.15, 0.2) is 36.4 Å². The minimum Gasteiger partial charge on any atom is -0.480 e. The second-order valence-corrected chi connectivity index (χ2v) is 6.12. The van der Waals surface area contributed by atoms with Crippen molar-refractivity contribution in [2.45, 2.75) is 19.0 Å². The molecule has 0 spiro atoms. The van der Waals surface area contributed by atoms with Crippen LogP contribution < -0.4 is 5.32 Å². The number of carboxylic acid groups (broad SMARTS) is 1. The van der Waals surface area contributed by atoms with Crippen LogP contribution in [-0.2, 0) is 11.3 Å². The molecule has 0 unspecified atom stereocenters. The van der Waals surface area contributed by atoms with E-state index in [1.54, 1.807) is 17.8 Å². The molecule has 0 aliphatic rings. The van der Waals surface area contributed by atoms with Crippen LogP contribution in [0.2, 0.25) is 0 Å². The Balaban J connectivity index is 2.19. The van der Waals surface area contributed by atoms with Crippen molar-refractivity contribution in [3.8, 4) is 0 Å². The van der Waals surface area contributed by atoms with Crippen LogP contribution in [0.1, 0.15) is 12.0 Å². The zero-order chi connectivity index (χ0) is 16.8. The summed E-state index contributed by atoms with van der Waals surface area (Å²) in [5, 5.41) is 24.8. The second kappa shape index (κ2) is 7.94. The SMILES string of the molecule is CSCC[C@H](NCc1cccc2cc([N+](=O)[O-])ccc12)C(=O)O. The van der Waals surface area contributed by atoms with Gasteiger partial charge in [-0.2, -0.15) is 11.8 Å². The summed E-state index contributed by atoms with van der Waals surface area (Å²) in [5.41, 5.74) is 0.971. The van der Waals surface area contributed by atoms with Crippen molar-refractivity contribution in [1.82, 2.24) is 5.32 Å². The maximum absolute atomic E-state index is 11.3. The Bertz CT molecular complexity index is 720. The van der Waals surface area contributed by atoms with E-state index in [1.165, 1.54) is 12.1 Å². The number of nitro benzene ring substituents is 1. The monoisotopic (exact) mass is 334 g/mol. The molecule has 2 aromatic carbocycles. The van der Waals surface area contributed by atoms with Crippen molar-refractivity contribution in [1.29, 1.82) is 0 Å². The van der Waals surface area contributed by atoms with Gasteiger partial charge in [0.15, 0.2) is 0 Å². The molecule has 6 nitrogen and oxygen atoms in total. The topological polar surface area (TPSA) is 92.5 Å². The Hall–Kier alpha value is -2.12. The van der Waals surface area contributed by atoms with Crippen molar-refractivity contribution in [3.05, 3.63) is 52.1 Å². The van der Waals surface area contributed by atoms with Crippen LogP contribution in [0.3, 0.4) is 0 Å². The Labute approximate surface area is 138 Å². The number of aliphatic carboxylic acids is 1. The number of fused-ring (bicyclic) bond motifs is 1. The van der Waals surface area contributed by atoms with Gasteiger partial charge in [0.05, 0.1) is 4.92 Å². The maximum atomic E-state index is 11.3. The Morgan fingerprint density at radius 2 is 2.17 bits per heavy atom. The standard InChI is InChI=1S/C16H18N2O4S/c1-23-8-7-15(16(19)20)17-10-12-4-2-3-11-9-13(18(21)22)5-6-14(11)12/h2-6,9,15,17H,7-8,10H2,1H3,(H,19,20)/t15-/m0/s1. The lowest BCUT2D eigenvalue weighted by Gasteiger charge is -2.15. The molecule has 2 N–H and O–H groups in total. The molecular weight excluding hydrogens is 316 g/mol. The highest BCUT2D eigenvalue weighted by Crippen LogP contribution is 2.24. The van der Waals surface area contributed by atoms with Crippen LogP contribution in [-0.4, -0.2) is 34.0 Å². The Morgan fingerprint density at radius 3 is 2.83 bits per heavy atom. The van der Waals surface area contributed by atoms with Crippen LogP contribution in [0.4, 0.5) is 5.69 Å². The van der Waals surface area contributed by atoms with Gasteiger partial charge in [0.1, 0.15) is 6.04 Å². The lowest BCUT2D eigenvalue weighted by atomic mass is 10.0. The van der Waals surface area contributed by atoms with E-state index in [2.05, 4.69) is 5.32 Å². The quantitative estimate of drug-likeness (QED) is 0.569. The molecule has 0 amide bonds. The van der Waals surface area contributed by atoms with E-state index in [-0.39, 0.29) is 5.69 Å². The van der Waals surface area contributed by atoms with E-state index in [0.717, 1.165) is 22.1 Å². The van der Waals surface area contributed by atoms with E-state index in [9.17, 15) is 20.0 Å². The van der Waals surface area contributed by atoms with Crippen LogP contribution in [0.25, 0.3) is 10.8 Å². The molecule has 122 valence electrons. The largest absolute Gasteiger partial charge is 0.480 e. The first kappa shape index (κ1) is 17.2. The van der Waals surface area contributed by atoms with Gasteiger partial charge in [0, 0.05) is 18.7 Å². The lowest BCUT2D eigenvalue weighted by Crippen LogP contribution is -2.36. The molecule has 0 saturated carbocycles. The molecule has 23 heavy (non-hydrogen) atoms. The third-order valence-corrected chi connectivity index (χ3v) is 4.26. The number of nitro groups is 1. The van der Waals surface area contributed by atoms with Crippen molar-refractivity contribution in [2.24, 2.45) is 0 Å². The molecular formula is C16H18N2O4S. The van der Waals surface area contributed by atoms with Crippen LogP contribution in [0, 0.1) is 10.1 Å². The first-order valence-corrected chi connectivity index (χ1v) is 8.53. The molecule has 0 fully saturated rings. The number of thioether (sulfide) groups is 1. The molecule has 0 aromatic heterocycles. The summed E-state index contributed by atoms with van der Waals surface area (Å²) in [6.45, 7) is 0.403. The smallest absolute Gasteiger partial charge is 0.320 e. The summed E-state index contributed by atoms with van der Waals surface area (Å²) in [6.07, 6.45) is 2.49. The fourth-order valence-corrected chi connectivity index (χ4v) is 2.86. The number of benzene rings is 2. The highest BCUT2D eigenvalue weighted by Gasteiger charge is 2.16.